The van der Waals surface area contributed by atoms with Crippen LogP contribution in [-0.4, -0.2) is 63.9 Å². The zero-order chi connectivity index (χ0) is 20.6. The van der Waals surface area contributed by atoms with E-state index in [4.69, 9.17) is 9.47 Å². The summed E-state index contributed by atoms with van der Waals surface area (Å²) >= 11 is 0. The number of unbranched alkanes of at least 4 members (excludes halogenated alkanes) is 1. The summed E-state index contributed by atoms with van der Waals surface area (Å²) in [6, 6.07) is 6.29. The highest BCUT2D eigenvalue weighted by Crippen LogP contribution is 2.20. The Bertz CT molecular complexity index is 559. The van der Waals surface area contributed by atoms with Gasteiger partial charge in [0.05, 0.1) is 6.61 Å². The van der Waals surface area contributed by atoms with Crippen LogP contribution in [0.15, 0.2) is 23.2 Å². The fraction of sp³-hybridized carbons (Fsp3) is 0.682. The van der Waals surface area contributed by atoms with Gasteiger partial charge in [0, 0.05) is 32.3 Å². The minimum Gasteiger partial charge on any atom is -0.491 e. The van der Waals surface area contributed by atoms with Crippen LogP contribution in [0.5, 0.6) is 5.75 Å². The molecule has 0 radical (unpaired) electrons. The van der Waals surface area contributed by atoms with Crippen LogP contribution in [0.2, 0.25) is 0 Å². The maximum absolute atomic E-state index is 5.91. The van der Waals surface area contributed by atoms with E-state index >= 15 is 0 Å². The van der Waals surface area contributed by atoms with Gasteiger partial charge in [-0.2, -0.15) is 0 Å². The molecule has 0 heterocycles. The molecule has 0 saturated heterocycles. The Morgan fingerprint density at radius 3 is 2.54 bits per heavy atom. The third-order valence-electron chi connectivity index (χ3n) is 4.67. The maximum atomic E-state index is 5.91. The van der Waals surface area contributed by atoms with Gasteiger partial charge in [0.15, 0.2) is 5.96 Å². The van der Waals surface area contributed by atoms with Crippen molar-refractivity contribution in [2.45, 2.75) is 47.1 Å². The van der Waals surface area contributed by atoms with Crippen molar-refractivity contribution in [3.05, 3.63) is 29.3 Å². The molecule has 0 atom stereocenters. The number of aryl methyl sites for hydroxylation is 1. The largest absolute Gasteiger partial charge is 0.491 e. The number of nitrogens with one attached hydrogen (secondary N) is 2. The first-order valence-electron chi connectivity index (χ1n) is 10.6. The highest BCUT2D eigenvalue weighted by atomic mass is 16.5. The number of nitrogens with zero attached hydrogens (tertiary/aromatic N) is 2. The number of hydrogen-bond acceptors (Lipinski definition) is 4. The summed E-state index contributed by atoms with van der Waals surface area (Å²) in [5.41, 5.74) is 2.30. The van der Waals surface area contributed by atoms with Gasteiger partial charge in [-0.1, -0.05) is 26.0 Å². The summed E-state index contributed by atoms with van der Waals surface area (Å²) < 4.78 is 11.3. The van der Waals surface area contributed by atoms with Gasteiger partial charge in [0.1, 0.15) is 12.4 Å². The fourth-order valence-electron chi connectivity index (χ4n) is 2.90. The second kappa shape index (κ2) is 15.2. The normalized spacial score (nSPS) is 11.7. The Morgan fingerprint density at radius 2 is 1.86 bits per heavy atom. The van der Waals surface area contributed by atoms with Crippen LogP contribution in [-0.2, 0) is 11.3 Å². The van der Waals surface area contributed by atoms with Crippen LogP contribution < -0.4 is 15.4 Å². The summed E-state index contributed by atoms with van der Waals surface area (Å²) in [7, 11) is 1.81. The first-order chi connectivity index (χ1) is 13.6. The molecule has 0 unspecified atom stereocenters. The molecule has 0 saturated carbocycles. The number of aliphatic imine (C=N–C) groups is 1. The molecule has 0 bridgehead atoms. The molecule has 160 valence electrons. The Morgan fingerprint density at radius 1 is 1.07 bits per heavy atom. The molecule has 2 N–H and O–H groups in total. The summed E-state index contributed by atoms with van der Waals surface area (Å²) in [4.78, 5) is 6.78. The Balaban J connectivity index is 2.41. The summed E-state index contributed by atoms with van der Waals surface area (Å²) in [5.74, 6) is 1.73. The smallest absolute Gasteiger partial charge is 0.191 e. The topological polar surface area (TPSA) is 58.1 Å². The van der Waals surface area contributed by atoms with Crippen LogP contribution >= 0.6 is 0 Å². The summed E-state index contributed by atoms with van der Waals surface area (Å²) in [6.45, 7) is 15.4. The van der Waals surface area contributed by atoms with E-state index in [0.29, 0.717) is 26.4 Å². The third kappa shape index (κ3) is 9.95. The van der Waals surface area contributed by atoms with Gasteiger partial charge in [0.25, 0.3) is 0 Å². The average Bonchev–Trinajstić information content (AvgIpc) is 2.71. The lowest BCUT2D eigenvalue weighted by atomic mass is 10.1. The van der Waals surface area contributed by atoms with Gasteiger partial charge in [-0.15, -0.1) is 0 Å². The number of guanidine groups is 1. The summed E-state index contributed by atoms with van der Waals surface area (Å²) in [6.07, 6.45) is 2.33. The van der Waals surface area contributed by atoms with E-state index in [-0.39, 0.29) is 0 Å². The molecule has 0 amide bonds. The molecule has 1 aromatic rings. The zero-order valence-electron chi connectivity index (χ0n) is 18.5. The van der Waals surface area contributed by atoms with Crippen molar-refractivity contribution >= 4 is 5.96 Å². The van der Waals surface area contributed by atoms with E-state index in [1.165, 1.54) is 12.0 Å². The molecule has 28 heavy (non-hydrogen) atoms. The lowest BCUT2D eigenvalue weighted by Gasteiger charge is -2.18. The van der Waals surface area contributed by atoms with Crippen molar-refractivity contribution in [3.8, 4) is 5.75 Å². The maximum Gasteiger partial charge on any atom is 0.191 e. The van der Waals surface area contributed by atoms with Crippen molar-refractivity contribution in [2.24, 2.45) is 4.99 Å². The van der Waals surface area contributed by atoms with Gasteiger partial charge in [-0.05, 0) is 58.0 Å². The first-order valence-corrected chi connectivity index (χ1v) is 10.6. The number of ether oxygens (including phenoxy) is 2. The molecule has 0 aliphatic heterocycles. The Hall–Kier alpha value is -1.79. The molecule has 6 nitrogen and oxygen atoms in total. The first kappa shape index (κ1) is 24.2. The van der Waals surface area contributed by atoms with E-state index < -0.39 is 0 Å². The number of hydrogen-bond donors (Lipinski definition) is 2. The van der Waals surface area contributed by atoms with Gasteiger partial charge in [0.2, 0.25) is 0 Å². The van der Waals surface area contributed by atoms with Crippen LogP contribution in [0.3, 0.4) is 0 Å². The average molecular weight is 393 g/mol. The fourth-order valence-corrected chi connectivity index (χ4v) is 2.90. The predicted molar refractivity (Wildman–Crippen MR) is 118 cm³/mol. The number of benzene rings is 1. The van der Waals surface area contributed by atoms with Gasteiger partial charge >= 0.3 is 0 Å². The van der Waals surface area contributed by atoms with E-state index in [9.17, 15) is 0 Å². The van der Waals surface area contributed by atoms with Crippen molar-refractivity contribution in [2.75, 3.05) is 53.0 Å². The van der Waals surface area contributed by atoms with Gasteiger partial charge in [-0.3, -0.25) is 4.99 Å². The van der Waals surface area contributed by atoms with E-state index in [0.717, 1.165) is 49.9 Å². The molecule has 1 aromatic carbocycles. The second-order valence-electron chi connectivity index (χ2n) is 6.74. The van der Waals surface area contributed by atoms with Crippen LogP contribution in [0, 0.1) is 6.92 Å². The van der Waals surface area contributed by atoms with Crippen LogP contribution in [0.4, 0.5) is 0 Å². The van der Waals surface area contributed by atoms with Gasteiger partial charge < -0.3 is 25.0 Å². The van der Waals surface area contributed by atoms with E-state index in [2.05, 4.69) is 59.5 Å². The highest BCUT2D eigenvalue weighted by molar-refractivity contribution is 5.79. The van der Waals surface area contributed by atoms with Gasteiger partial charge in [-0.25, -0.2) is 0 Å². The van der Waals surface area contributed by atoms with Crippen molar-refractivity contribution in [1.82, 2.24) is 15.5 Å². The minimum atomic E-state index is 0.559. The highest BCUT2D eigenvalue weighted by Gasteiger charge is 2.06. The summed E-state index contributed by atoms with van der Waals surface area (Å²) in [5, 5.41) is 6.79. The molecule has 1 rings (SSSR count). The lowest BCUT2D eigenvalue weighted by Crippen LogP contribution is -2.37. The molecule has 0 aromatic heterocycles. The predicted octanol–water partition coefficient (Wildman–Crippen LogP) is 3.20. The molecule has 0 aliphatic carbocycles. The molecule has 0 fully saturated rings. The molecule has 0 spiro atoms. The Labute approximate surface area is 171 Å². The second-order valence-corrected chi connectivity index (χ2v) is 6.74. The molecule has 6 heteroatoms. The lowest BCUT2D eigenvalue weighted by molar-refractivity contribution is 0.110. The van der Waals surface area contributed by atoms with Crippen molar-refractivity contribution in [1.29, 1.82) is 0 Å². The molecule has 0 aliphatic rings. The molecular weight excluding hydrogens is 352 g/mol. The number of rotatable bonds is 14. The monoisotopic (exact) mass is 392 g/mol. The third-order valence-corrected chi connectivity index (χ3v) is 4.67. The molecular formula is C22H40N4O2. The van der Waals surface area contributed by atoms with E-state index in [1.807, 2.05) is 6.92 Å². The minimum absolute atomic E-state index is 0.559. The van der Waals surface area contributed by atoms with E-state index in [1.54, 1.807) is 7.05 Å². The Kier molecular flexibility index (Phi) is 13.1. The van der Waals surface area contributed by atoms with Crippen molar-refractivity contribution < 1.29 is 9.47 Å². The SMILES string of the molecule is CCOCCOc1cc(C)ccc1CNC(=NC)NCCCCN(CC)CC. The standard InChI is InChI=1S/C22H40N4O2/c1-6-26(7-2)14-10-9-13-24-22(23-5)25-18-20-12-11-19(4)17-21(20)28-16-15-27-8-3/h11-12,17H,6-10,13-16,18H2,1-5H3,(H2,23,24,25). The van der Waals surface area contributed by atoms with Crippen molar-refractivity contribution in [3.63, 3.8) is 0 Å². The van der Waals surface area contributed by atoms with Crippen LogP contribution in [0.25, 0.3) is 0 Å². The van der Waals surface area contributed by atoms with Crippen LogP contribution in [0.1, 0.15) is 44.7 Å². The quantitative estimate of drug-likeness (QED) is 0.289. The zero-order valence-corrected chi connectivity index (χ0v) is 18.5.